The third kappa shape index (κ3) is 3.90. The van der Waals surface area contributed by atoms with E-state index in [0.717, 1.165) is 6.07 Å². The molecule has 3 rings (SSSR count). The minimum atomic E-state index is -1.34. The third-order valence-corrected chi connectivity index (χ3v) is 4.78. The lowest BCUT2D eigenvalue weighted by molar-refractivity contribution is 0.0695. The summed E-state index contributed by atoms with van der Waals surface area (Å²) in [7, 11) is 0. The molecule has 1 aromatic carbocycles. The Kier molecular flexibility index (Phi) is 5.76. The quantitative estimate of drug-likeness (QED) is 0.631. The van der Waals surface area contributed by atoms with Crippen LogP contribution in [0.25, 0.3) is 11.3 Å². The van der Waals surface area contributed by atoms with Crippen LogP contribution in [-0.2, 0) is 13.2 Å². The van der Waals surface area contributed by atoms with Crippen molar-refractivity contribution in [3.8, 4) is 17.1 Å². The number of hydrogen-bond donors (Lipinski definition) is 1. The first-order valence-electron chi connectivity index (χ1n) is 8.33. The van der Waals surface area contributed by atoms with Crippen LogP contribution in [0.2, 0.25) is 10.0 Å². The zero-order valence-corrected chi connectivity index (χ0v) is 16.5. The van der Waals surface area contributed by atoms with Crippen LogP contribution in [0.15, 0.2) is 39.6 Å². The average molecular weight is 423 g/mol. The van der Waals surface area contributed by atoms with Crippen LogP contribution in [0.1, 0.15) is 28.7 Å². The highest BCUT2D eigenvalue weighted by atomic mass is 35.5. The lowest BCUT2D eigenvalue weighted by atomic mass is 10.0. The minimum Gasteiger partial charge on any atom is -0.477 e. The number of carboxylic acids is 1. The van der Waals surface area contributed by atoms with Crippen LogP contribution < -0.4 is 10.2 Å². The number of carbonyl (C=O) groups is 1. The molecule has 0 aliphatic carbocycles. The van der Waals surface area contributed by atoms with Gasteiger partial charge in [0.25, 0.3) is 0 Å². The first-order valence-corrected chi connectivity index (χ1v) is 9.09. The van der Waals surface area contributed by atoms with Gasteiger partial charge in [-0.15, -0.1) is 0 Å². The number of hydrogen-bond acceptors (Lipinski definition) is 5. The smallest absolute Gasteiger partial charge is 0.341 e. The minimum absolute atomic E-state index is 0.0595. The molecule has 1 N–H and O–H groups in total. The molecule has 2 heterocycles. The van der Waals surface area contributed by atoms with E-state index >= 15 is 0 Å². The molecule has 146 valence electrons. The highest BCUT2D eigenvalue weighted by Gasteiger charge is 2.23. The maximum atomic E-state index is 12.5. The average Bonchev–Trinajstić information content (AvgIpc) is 3.06. The van der Waals surface area contributed by atoms with Crippen LogP contribution in [0.4, 0.5) is 0 Å². The Balaban J connectivity index is 2.16. The van der Waals surface area contributed by atoms with Crippen molar-refractivity contribution in [1.82, 2.24) is 9.72 Å². The Morgan fingerprint density at radius 1 is 1.25 bits per heavy atom. The Morgan fingerprint density at radius 3 is 2.57 bits per heavy atom. The number of aromatic nitrogens is 2. The molecule has 0 unspecified atom stereocenters. The third-order valence-electron chi connectivity index (χ3n) is 4.04. The molecule has 0 spiro atoms. The second-order valence-corrected chi connectivity index (χ2v) is 6.78. The van der Waals surface area contributed by atoms with Gasteiger partial charge in [-0.1, -0.05) is 34.4 Å². The summed E-state index contributed by atoms with van der Waals surface area (Å²) >= 11 is 12.1. The van der Waals surface area contributed by atoms with Gasteiger partial charge in [-0.3, -0.25) is 4.79 Å². The number of nitrogens with zero attached hydrogens (tertiary/aromatic N) is 2. The van der Waals surface area contributed by atoms with E-state index in [9.17, 15) is 14.7 Å². The molecule has 0 bridgehead atoms. The van der Waals surface area contributed by atoms with Gasteiger partial charge in [0, 0.05) is 24.2 Å². The number of aromatic carboxylic acids is 1. The number of pyridine rings is 1. The predicted molar refractivity (Wildman–Crippen MR) is 104 cm³/mol. The monoisotopic (exact) mass is 422 g/mol. The maximum Gasteiger partial charge on any atom is 0.341 e. The Bertz CT molecular complexity index is 1100. The molecule has 0 amide bonds. The Labute approximate surface area is 170 Å². The zero-order chi connectivity index (χ0) is 20.4. The fraction of sp³-hybridized carbons (Fsp3) is 0.211. The molecule has 0 aliphatic rings. The van der Waals surface area contributed by atoms with Crippen molar-refractivity contribution in [2.75, 3.05) is 0 Å². The van der Waals surface area contributed by atoms with E-state index in [2.05, 4.69) is 5.16 Å². The molecule has 0 saturated heterocycles. The van der Waals surface area contributed by atoms with E-state index in [4.69, 9.17) is 32.5 Å². The summed E-state index contributed by atoms with van der Waals surface area (Å²) in [6.45, 7) is 3.97. The van der Waals surface area contributed by atoms with Gasteiger partial charge in [0.2, 0.25) is 5.43 Å². The molecule has 0 aliphatic heterocycles. The second kappa shape index (κ2) is 8.08. The fourth-order valence-electron chi connectivity index (χ4n) is 2.84. The summed E-state index contributed by atoms with van der Waals surface area (Å²) in [4.78, 5) is 24.3. The zero-order valence-electron chi connectivity index (χ0n) is 15.0. The van der Waals surface area contributed by atoms with E-state index in [0.29, 0.717) is 28.6 Å². The van der Waals surface area contributed by atoms with Gasteiger partial charge in [0.05, 0.1) is 15.7 Å². The molecule has 7 nitrogen and oxygen atoms in total. The predicted octanol–water partition coefficient (Wildman–Crippen LogP) is 4.42. The second-order valence-electron chi connectivity index (χ2n) is 5.97. The summed E-state index contributed by atoms with van der Waals surface area (Å²) in [5.74, 6) is -0.504. The van der Waals surface area contributed by atoms with E-state index in [1.54, 1.807) is 29.7 Å². The van der Waals surface area contributed by atoms with Crippen molar-refractivity contribution < 1.29 is 19.2 Å². The van der Waals surface area contributed by atoms with E-state index < -0.39 is 11.4 Å². The van der Waals surface area contributed by atoms with Gasteiger partial charge >= 0.3 is 5.97 Å². The normalized spacial score (nSPS) is 10.9. The van der Waals surface area contributed by atoms with Crippen molar-refractivity contribution in [1.29, 1.82) is 0 Å². The number of ether oxygens (including phenoxy) is 1. The number of carboxylic acid groups (broad SMARTS) is 1. The van der Waals surface area contributed by atoms with Gasteiger partial charge in [-0.2, -0.15) is 0 Å². The first kappa shape index (κ1) is 20.0. The lowest BCUT2D eigenvalue weighted by Crippen LogP contribution is -2.22. The van der Waals surface area contributed by atoms with Crippen molar-refractivity contribution in [3.63, 3.8) is 0 Å². The number of halogens is 2. The maximum absolute atomic E-state index is 12.5. The van der Waals surface area contributed by atoms with Gasteiger partial charge in [-0.05, 0) is 26.0 Å². The molecular weight excluding hydrogens is 407 g/mol. The molecule has 9 heteroatoms. The first-order chi connectivity index (χ1) is 13.3. The van der Waals surface area contributed by atoms with Crippen molar-refractivity contribution in [3.05, 3.63) is 67.6 Å². The van der Waals surface area contributed by atoms with E-state index in [1.165, 1.54) is 6.07 Å². The van der Waals surface area contributed by atoms with Gasteiger partial charge in [0.1, 0.15) is 23.6 Å². The molecule has 2 aromatic heterocycles. The van der Waals surface area contributed by atoms with Gasteiger partial charge in [0.15, 0.2) is 5.88 Å². The largest absolute Gasteiger partial charge is 0.477 e. The van der Waals surface area contributed by atoms with Crippen LogP contribution in [0, 0.1) is 6.92 Å². The Morgan fingerprint density at radius 2 is 2.00 bits per heavy atom. The van der Waals surface area contributed by atoms with E-state index in [-0.39, 0.29) is 28.8 Å². The molecule has 28 heavy (non-hydrogen) atoms. The van der Waals surface area contributed by atoms with Crippen LogP contribution in [0.5, 0.6) is 5.88 Å². The van der Waals surface area contributed by atoms with Gasteiger partial charge in [-0.25, -0.2) is 4.79 Å². The van der Waals surface area contributed by atoms with Crippen molar-refractivity contribution in [2.24, 2.45) is 0 Å². The number of benzene rings is 1. The van der Waals surface area contributed by atoms with Crippen molar-refractivity contribution >= 4 is 29.2 Å². The SMILES string of the molecule is CCn1c(OCc2cc(C)on2)cc(=O)c(C(=O)O)c1-c1ccc(Cl)c(Cl)c1. The highest BCUT2D eigenvalue weighted by molar-refractivity contribution is 6.42. The topological polar surface area (TPSA) is 94.6 Å². The molecular formula is C19H16Cl2N2O5. The summed E-state index contributed by atoms with van der Waals surface area (Å²) in [5, 5.41) is 14.0. The summed E-state index contributed by atoms with van der Waals surface area (Å²) in [6, 6.07) is 7.52. The molecule has 3 aromatic rings. The van der Waals surface area contributed by atoms with E-state index in [1.807, 2.05) is 6.92 Å². The number of rotatable bonds is 6. The summed E-state index contributed by atoms with van der Waals surface area (Å²) < 4.78 is 12.3. The number of aryl methyl sites for hydroxylation is 1. The Hall–Kier alpha value is -2.77. The van der Waals surface area contributed by atoms with Crippen LogP contribution in [-0.4, -0.2) is 20.8 Å². The summed E-state index contributed by atoms with van der Waals surface area (Å²) in [6.07, 6.45) is 0. The van der Waals surface area contributed by atoms with Crippen LogP contribution in [0.3, 0.4) is 0 Å². The standard InChI is InChI=1S/C19H16Cl2N2O5/c1-3-23-16(27-9-12-6-10(2)28-22-12)8-15(24)17(19(25)26)18(23)11-4-5-13(20)14(21)7-11/h4-8H,3,9H2,1-2H3,(H,25,26). The van der Waals surface area contributed by atoms with Crippen LogP contribution >= 0.6 is 23.2 Å². The van der Waals surface area contributed by atoms with Gasteiger partial charge < -0.3 is 18.9 Å². The molecule has 0 atom stereocenters. The molecule has 0 radical (unpaired) electrons. The lowest BCUT2D eigenvalue weighted by Gasteiger charge is -2.19. The fourth-order valence-corrected chi connectivity index (χ4v) is 3.14. The highest BCUT2D eigenvalue weighted by Crippen LogP contribution is 2.32. The van der Waals surface area contributed by atoms with Crippen molar-refractivity contribution in [2.45, 2.75) is 27.0 Å². The molecule has 0 saturated carbocycles. The summed E-state index contributed by atoms with van der Waals surface area (Å²) in [5.41, 5.74) is 0.126. The molecule has 0 fully saturated rings.